The highest BCUT2D eigenvalue weighted by molar-refractivity contribution is 5.26. The van der Waals surface area contributed by atoms with Gasteiger partial charge >= 0.3 is 0 Å². The highest BCUT2D eigenvalue weighted by atomic mass is 15.5. The summed E-state index contributed by atoms with van der Waals surface area (Å²) in [6.07, 6.45) is 1.72. The Morgan fingerprint density at radius 3 is 2.92 bits per heavy atom. The number of aromatic nitrogens is 3. The van der Waals surface area contributed by atoms with Gasteiger partial charge in [-0.25, -0.2) is 0 Å². The summed E-state index contributed by atoms with van der Waals surface area (Å²) in [6.45, 7) is 1.91. The van der Waals surface area contributed by atoms with E-state index < -0.39 is 0 Å². The fourth-order valence-corrected chi connectivity index (χ4v) is 0.964. The Bertz CT molecular complexity index is 364. The zero-order valence-electron chi connectivity index (χ0n) is 6.73. The van der Waals surface area contributed by atoms with Crippen molar-refractivity contribution in [2.24, 2.45) is 0 Å². The zero-order chi connectivity index (χ0) is 8.39. The lowest BCUT2D eigenvalue weighted by molar-refractivity contribution is 0.745. The average molecular weight is 158 g/mol. The normalized spacial score (nSPS) is 10.1. The van der Waals surface area contributed by atoms with Gasteiger partial charge in [-0.1, -0.05) is 18.2 Å². The Morgan fingerprint density at radius 2 is 2.33 bits per heavy atom. The van der Waals surface area contributed by atoms with Crippen LogP contribution < -0.4 is 0 Å². The molecule has 1 aromatic heterocycles. The molecule has 1 aromatic carbocycles. The minimum Gasteiger partial charge on any atom is -0.157 e. The van der Waals surface area contributed by atoms with E-state index in [4.69, 9.17) is 0 Å². The van der Waals surface area contributed by atoms with E-state index in [1.807, 2.05) is 31.2 Å². The lowest BCUT2D eigenvalue weighted by atomic mass is 10.3. The molecule has 0 aliphatic rings. The van der Waals surface area contributed by atoms with Crippen LogP contribution in [-0.2, 0) is 0 Å². The second-order valence-electron chi connectivity index (χ2n) is 2.52. The largest absolute Gasteiger partial charge is 0.157 e. The fraction of sp³-hybridized carbons (Fsp3) is 0.111. The van der Waals surface area contributed by atoms with Crippen molar-refractivity contribution < 1.29 is 0 Å². The van der Waals surface area contributed by atoms with Gasteiger partial charge in [0.25, 0.3) is 0 Å². The first-order valence-corrected chi connectivity index (χ1v) is 3.72. The van der Waals surface area contributed by atoms with Crippen LogP contribution in [0.4, 0.5) is 0 Å². The molecule has 59 valence electrons. The summed E-state index contributed by atoms with van der Waals surface area (Å²) in [5, 5.41) is 8.22. The SMILES string of the molecule is Cc1cnn(-c2[c]cccc2)n1. The molecule has 1 radical (unpaired) electrons. The van der Waals surface area contributed by atoms with Crippen LogP contribution in [0.5, 0.6) is 0 Å². The average Bonchev–Trinajstić information content (AvgIpc) is 2.54. The second kappa shape index (κ2) is 2.77. The van der Waals surface area contributed by atoms with E-state index in [1.54, 1.807) is 11.0 Å². The summed E-state index contributed by atoms with van der Waals surface area (Å²) in [5.41, 5.74) is 1.78. The number of rotatable bonds is 1. The van der Waals surface area contributed by atoms with Gasteiger partial charge in [0, 0.05) is 6.07 Å². The molecular formula is C9H8N3. The van der Waals surface area contributed by atoms with Gasteiger partial charge in [-0.15, -0.1) is 0 Å². The van der Waals surface area contributed by atoms with Crippen molar-refractivity contribution >= 4 is 0 Å². The summed E-state index contributed by atoms with van der Waals surface area (Å²) in [6, 6.07) is 10.6. The van der Waals surface area contributed by atoms with Crippen molar-refractivity contribution in [2.45, 2.75) is 6.92 Å². The van der Waals surface area contributed by atoms with Crippen LogP contribution in [0, 0.1) is 13.0 Å². The molecule has 0 atom stereocenters. The Kier molecular flexibility index (Phi) is 1.63. The number of nitrogens with zero attached hydrogens (tertiary/aromatic N) is 3. The van der Waals surface area contributed by atoms with Gasteiger partial charge in [-0.05, 0) is 13.0 Å². The minimum absolute atomic E-state index is 0.866. The molecule has 0 aliphatic carbocycles. The third-order valence-electron chi connectivity index (χ3n) is 1.51. The number of hydrogen-bond donors (Lipinski definition) is 0. The molecule has 0 amide bonds. The van der Waals surface area contributed by atoms with Crippen LogP contribution in [0.15, 0.2) is 30.5 Å². The van der Waals surface area contributed by atoms with Crippen LogP contribution in [-0.4, -0.2) is 15.0 Å². The predicted molar refractivity (Wildman–Crippen MR) is 44.9 cm³/mol. The third-order valence-corrected chi connectivity index (χ3v) is 1.51. The van der Waals surface area contributed by atoms with Gasteiger partial charge in [-0.3, -0.25) is 0 Å². The molecule has 3 heteroatoms. The van der Waals surface area contributed by atoms with E-state index in [-0.39, 0.29) is 0 Å². The van der Waals surface area contributed by atoms with Crippen LogP contribution in [0.2, 0.25) is 0 Å². The second-order valence-corrected chi connectivity index (χ2v) is 2.52. The molecule has 0 unspecified atom stereocenters. The van der Waals surface area contributed by atoms with Gasteiger partial charge in [0.15, 0.2) is 0 Å². The molecule has 0 saturated carbocycles. The van der Waals surface area contributed by atoms with Crippen molar-refractivity contribution in [1.29, 1.82) is 0 Å². The minimum atomic E-state index is 0.866. The van der Waals surface area contributed by atoms with Crippen LogP contribution in [0.3, 0.4) is 0 Å². The van der Waals surface area contributed by atoms with Crippen molar-refractivity contribution in [3.05, 3.63) is 42.2 Å². The van der Waals surface area contributed by atoms with Crippen LogP contribution in [0.1, 0.15) is 5.69 Å². The monoisotopic (exact) mass is 158 g/mol. The molecule has 2 aromatic rings. The molecular weight excluding hydrogens is 150 g/mol. The van der Waals surface area contributed by atoms with E-state index in [0.29, 0.717) is 0 Å². The summed E-state index contributed by atoms with van der Waals surface area (Å²) in [5.74, 6) is 0. The summed E-state index contributed by atoms with van der Waals surface area (Å²) in [4.78, 5) is 1.56. The smallest absolute Gasteiger partial charge is 0.0935 e. The van der Waals surface area contributed by atoms with Gasteiger partial charge in [0.2, 0.25) is 0 Å². The highest BCUT2D eigenvalue weighted by Crippen LogP contribution is 2.02. The first-order valence-electron chi connectivity index (χ1n) is 3.72. The molecule has 0 N–H and O–H groups in total. The zero-order valence-corrected chi connectivity index (χ0v) is 6.73. The third kappa shape index (κ3) is 1.21. The molecule has 0 aliphatic heterocycles. The molecule has 0 fully saturated rings. The van der Waals surface area contributed by atoms with E-state index in [2.05, 4.69) is 16.3 Å². The lowest BCUT2D eigenvalue weighted by Crippen LogP contribution is -1.97. The van der Waals surface area contributed by atoms with Crippen molar-refractivity contribution in [3.8, 4) is 5.69 Å². The van der Waals surface area contributed by atoms with Gasteiger partial charge in [-0.2, -0.15) is 15.0 Å². The molecule has 12 heavy (non-hydrogen) atoms. The Hall–Kier alpha value is -1.64. The Balaban J connectivity index is 2.45. The molecule has 3 nitrogen and oxygen atoms in total. The molecule has 1 heterocycles. The van der Waals surface area contributed by atoms with Crippen molar-refractivity contribution in [2.75, 3.05) is 0 Å². The molecule has 0 spiro atoms. The van der Waals surface area contributed by atoms with Crippen molar-refractivity contribution in [3.63, 3.8) is 0 Å². The lowest BCUT2D eigenvalue weighted by Gasteiger charge is -1.95. The van der Waals surface area contributed by atoms with Gasteiger partial charge < -0.3 is 0 Å². The number of para-hydroxylation sites is 1. The summed E-state index contributed by atoms with van der Waals surface area (Å²) >= 11 is 0. The van der Waals surface area contributed by atoms with Gasteiger partial charge in [0.1, 0.15) is 0 Å². The number of benzene rings is 1. The quantitative estimate of drug-likeness (QED) is 0.627. The van der Waals surface area contributed by atoms with E-state index in [9.17, 15) is 0 Å². The van der Waals surface area contributed by atoms with Crippen LogP contribution in [0.25, 0.3) is 5.69 Å². The summed E-state index contributed by atoms with van der Waals surface area (Å²) < 4.78 is 0. The maximum Gasteiger partial charge on any atom is 0.0935 e. The molecule has 0 saturated heterocycles. The van der Waals surface area contributed by atoms with E-state index >= 15 is 0 Å². The predicted octanol–water partition coefficient (Wildman–Crippen LogP) is 1.38. The fourth-order valence-electron chi connectivity index (χ4n) is 0.964. The standard InChI is InChI=1S/C9H8N3/c1-8-7-10-12(11-8)9-5-3-2-4-6-9/h2-5,7H,1H3. The topological polar surface area (TPSA) is 30.7 Å². The molecule has 2 rings (SSSR count). The first-order chi connectivity index (χ1) is 5.86. The highest BCUT2D eigenvalue weighted by Gasteiger charge is 1.96. The number of hydrogen-bond acceptors (Lipinski definition) is 2. The Labute approximate surface area is 70.6 Å². The van der Waals surface area contributed by atoms with Crippen molar-refractivity contribution in [1.82, 2.24) is 15.0 Å². The Morgan fingerprint density at radius 1 is 1.42 bits per heavy atom. The maximum atomic E-state index is 4.16. The van der Waals surface area contributed by atoms with E-state index in [1.165, 1.54) is 0 Å². The van der Waals surface area contributed by atoms with Crippen LogP contribution >= 0.6 is 0 Å². The van der Waals surface area contributed by atoms with Gasteiger partial charge in [0.05, 0.1) is 17.6 Å². The summed E-state index contributed by atoms with van der Waals surface area (Å²) in [7, 11) is 0. The number of aryl methyl sites for hydroxylation is 1. The maximum absolute atomic E-state index is 4.16. The molecule has 0 bridgehead atoms. The van der Waals surface area contributed by atoms with E-state index in [0.717, 1.165) is 11.4 Å². The first kappa shape index (κ1) is 7.03.